The van der Waals surface area contributed by atoms with E-state index in [2.05, 4.69) is 0 Å². The molecule has 102 valence electrons. The molecule has 0 fully saturated rings. The monoisotopic (exact) mass is 272 g/mol. The first-order valence-electron chi connectivity index (χ1n) is 5.61. The zero-order chi connectivity index (χ0) is 13.8. The number of sulfone groups is 1. The molecule has 0 aliphatic heterocycles. The topological polar surface area (TPSA) is 72.6 Å². The third-order valence-corrected chi connectivity index (χ3v) is 3.71. The maximum atomic E-state index is 11.7. The van der Waals surface area contributed by atoms with Gasteiger partial charge >= 0.3 is 0 Å². The average molecular weight is 272 g/mol. The number of para-hydroxylation sites is 1. The quantitative estimate of drug-likeness (QED) is 0.816. The Morgan fingerprint density at radius 1 is 1.39 bits per heavy atom. The van der Waals surface area contributed by atoms with Crippen LogP contribution in [0.1, 0.15) is 0 Å². The van der Waals surface area contributed by atoms with Gasteiger partial charge in [-0.1, -0.05) is 12.1 Å². The number of methoxy groups -OCH3 is 1. The minimum absolute atomic E-state index is 0.160. The first-order valence-corrected chi connectivity index (χ1v) is 7.50. The van der Waals surface area contributed by atoms with Gasteiger partial charge in [0.15, 0.2) is 9.84 Å². The number of likely N-dealkylation sites (N-methyl/N-ethyl adjacent to an activating group) is 1. The molecule has 1 rings (SSSR count). The normalized spacial score (nSPS) is 13.3. The van der Waals surface area contributed by atoms with Crippen LogP contribution < -0.4 is 10.6 Å². The van der Waals surface area contributed by atoms with Gasteiger partial charge in [-0.15, -0.1) is 0 Å². The van der Waals surface area contributed by atoms with Crippen LogP contribution in [0, 0.1) is 0 Å². The van der Waals surface area contributed by atoms with Crippen molar-refractivity contribution < 1.29 is 13.2 Å². The Morgan fingerprint density at radius 3 is 2.56 bits per heavy atom. The van der Waals surface area contributed by atoms with E-state index in [1.807, 2.05) is 18.0 Å². The largest absolute Gasteiger partial charge is 0.383 e. The number of hydrogen-bond donors (Lipinski definition) is 1. The summed E-state index contributed by atoms with van der Waals surface area (Å²) in [4.78, 5) is 2.15. The number of nitrogens with zero attached hydrogens (tertiary/aromatic N) is 1. The van der Waals surface area contributed by atoms with Crippen molar-refractivity contribution in [1.29, 1.82) is 0 Å². The number of ether oxygens (including phenoxy) is 1. The van der Waals surface area contributed by atoms with Crippen molar-refractivity contribution in [2.75, 3.05) is 38.5 Å². The van der Waals surface area contributed by atoms with Gasteiger partial charge in [0.1, 0.15) is 0 Å². The lowest BCUT2D eigenvalue weighted by molar-refractivity contribution is 0.181. The van der Waals surface area contributed by atoms with E-state index in [1.165, 1.54) is 6.26 Å². The number of hydrogen-bond acceptors (Lipinski definition) is 5. The summed E-state index contributed by atoms with van der Waals surface area (Å²) in [5, 5.41) is 0. The van der Waals surface area contributed by atoms with E-state index in [9.17, 15) is 8.42 Å². The molecule has 0 bridgehead atoms. The standard InChI is InChI=1S/C12H20N2O3S/c1-14(8-10(13)9-17-2)11-6-4-5-7-12(11)18(3,15)16/h4-7,10H,8-9,13H2,1-3H3. The number of nitrogens with two attached hydrogens (primary N) is 1. The number of rotatable bonds is 6. The van der Waals surface area contributed by atoms with Crippen molar-refractivity contribution in [3.05, 3.63) is 24.3 Å². The molecular formula is C12H20N2O3S. The van der Waals surface area contributed by atoms with Crippen molar-refractivity contribution in [1.82, 2.24) is 0 Å². The average Bonchev–Trinajstić information content (AvgIpc) is 2.28. The first-order chi connectivity index (χ1) is 8.36. The lowest BCUT2D eigenvalue weighted by Crippen LogP contribution is -2.38. The van der Waals surface area contributed by atoms with Crippen LogP contribution in [0.5, 0.6) is 0 Å². The molecule has 1 aromatic carbocycles. The summed E-state index contributed by atoms with van der Waals surface area (Å²) in [5.74, 6) is 0. The maximum Gasteiger partial charge on any atom is 0.177 e. The fraction of sp³-hybridized carbons (Fsp3) is 0.500. The van der Waals surface area contributed by atoms with E-state index >= 15 is 0 Å². The minimum atomic E-state index is -3.24. The van der Waals surface area contributed by atoms with E-state index in [4.69, 9.17) is 10.5 Å². The second kappa shape index (κ2) is 6.17. The molecule has 0 saturated carbocycles. The Kier molecular flexibility index (Phi) is 5.13. The van der Waals surface area contributed by atoms with Crippen LogP contribution in [0.15, 0.2) is 29.2 Å². The third kappa shape index (κ3) is 3.97. The van der Waals surface area contributed by atoms with Gasteiger partial charge < -0.3 is 15.4 Å². The molecule has 0 aromatic heterocycles. The summed E-state index contributed by atoms with van der Waals surface area (Å²) in [6, 6.07) is 6.73. The highest BCUT2D eigenvalue weighted by atomic mass is 32.2. The van der Waals surface area contributed by atoms with E-state index < -0.39 is 9.84 Å². The van der Waals surface area contributed by atoms with Gasteiger partial charge in [0.05, 0.1) is 17.2 Å². The van der Waals surface area contributed by atoms with Crippen LogP contribution in [-0.2, 0) is 14.6 Å². The molecule has 1 aromatic rings. The maximum absolute atomic E-state index is 11.7. The molecule has 1 unspecified atom stereocenters. The Morgan fingerprint density at radius 2 is 2.00 bits per heavy atom. The highest BCUT2D eigenvalue weighted by molar-refractivity contribution is 7.90. The number of benzene rings is 1. The summed E-state index contributed by atoms with van der Waals surface area (Å²) in [5.41, 5.74) is 6.52. The summed E-state index contributed by atoms with van der Waals surface area (Å²) < 4.78 is 28.3. The van der Waals surface area contributed by atoms with Crippen LogP contribution in [0.25, 0.3) is 0 Å². The van der Waals surface area contributed by atoms with Crippen LogP contribution in [-0.4, -0.2) is 48.0 Å². The van der Waals surface area contributed by atoms with E-state index in [1.54, 1.807) is 25.3 Å². The van der Waals surface area contributed by atoms with Gasteiger partial charge in [0.25, 0.3) is 0 Å². The van der Waals surface area contributed by atoms with Crippen molar-refractivity contribution in [3.63, 3.8) is 0 Å². The van der Waals surface area contributed by atoms with E-state index in [0.717, 1.165) is 0 Å². The van der Waals surface area contributed by atoms with Crippen LogP contribution in [0.2, 0.25) is 0 Å². The molecule has 0 saturated heterocycles. The zero-order valence-corrected chi connectivity index (χ0v) is 11.8. The molecule has 5 nitrogen and oxygen atoms in total. The molecule has 2 N–H and O–H groups in total. The third-order valence-electron chi connectivity index (χ3n) is 2.57. The smallest absolute Gasteiger partial charge is 0.177 e. The molecule has 0 aliphatic rings. The molecule has 1 atom stereocenters. The van der Waals surface area contributed by atoms with Crippen LogP contribution in [0.4, 0.5) is 5.69 Å². The Labute approximate surface area is 108 Å². The predicted molar refractivity (Wildman–Crippen MR) is 72.7 cm³/mol. The summed E-state index contributed by atoms with van der Waals surface area (Å²) in [6.07, 6.45) is 1.20. The molecular weight excluding hydrogens is 252 g/mol. The lowest BCUT2D eigenvalue weighted by atomic mass is 10.2. The van der Waals surface area contributed by atoms with Crippen LogP contribution in [0.3, 0.4) is 0 Å². The highest BCUT2D eigenvalue weighted by Gasteiger charge is 2.16. The van der Waals surface area contributed by atoms with Crippen molar-refractivity contribution >= 4 is 15.5 Å². The Hall–Kier alpha value is -1.11. The fourth-order valence-electron chi connectivity index (χ4n) is 1.80. The predicted octanol–water partition coefficient (Wildman–Crippen LogP) is 0.500. The van der Waals surface area contributed by atoms with Gasteiger partial charge in [-0.3, -0.25) is 0 Å². The van der Waals surface area contributed by atoms with E-state index in [-0.39, 0.29) is 6.04 Å². The lowest BCUT2D eigenvalue weighted by Gasteiger charge is -2.24. The highest BCUT2D eigenvalue weighted by Crippen LogP contribution is 2.23. The molecule has 0 radical (unpaired) electrons. The summed E-state index contributed by atoms with van der Waals surface area (Å²) in [7, 11) is 0.166. The van der Waals surface area contributed by atoms with Gasteiger partial charge in [-0.2, -0.15) is 0 Å². The van der Waals surface area contributed by atoms with Gasteiger partial charge in [0, 0.05) is 33.0 Å². The van der Waals surface area contributed by atoms with Gasteiger partial charge in [-0.05, 0) is 12.1 Å². The molecule has 6 heteroatoms. The minimum Gasteiger partial charge on any atom is -0.383 e. The zero-order valence-electron chi connectivity index (χ0n) is 11.0. The van der Waals surface area contributed by atoms with Crippen LogP contribution >= 0.6 is 0 Å². The summed E-state index contributed by atoms with van der Waals surface area (Å²) in [6.45, 7) is 0.964. The Bertz CT molecular complexity index is 488. The molecule has 0 heterocycles. The molecule has 18 heavy (non-hydrogen) atoms. The van der Waals surface area contributed by atoms with Gasteiger partial charge in [0.2, 0.25) is 0 Å². The van der Waals surface area contributed by atoms with Crippen molar-refractivity contribution in [3.8, 4) is 0 Å². The SMILES string of the molecule is COCC(N)CN(C)c1ccccc1S(C)(=O)=O. The first kappa shape index (κ1) is 14.9. The fourth-order valence-corrected chi connectivity index (χ4v) is 2.73. The molecule has 0 amide bonds. The Balaban J connectivity index is 2.96. The second-order valence-corrected chi connectivity index (χ2v) is 6.32. The number of anilines is 1. The summed E-state index contributed by atoms with van der Waals surface area (Å²) >= 11 is 0. The van der Waals surface area contributed by atoms with E-state index in [0.29, 0.717) is 23.7 Å². The van der Waals surface area contributed by atoms with Crippen molar-refractivity contribution in [2.45, 2.75) is 10.9 Å². The second-order valence-electron chi connectivity index (χ2n) is 4.34. The van der Waals surface area contributed by atoms with Crippen molar-refractivity contribution in [2.24, 2.45) is 5.73 Å². The van der Waals surface area contributed by atoms with Gasteiger partial charge in [-0.25, -0.2) is 8.42 Å². The molecule has 0 spiro atoms. The molecule has 0 aliphatic carbocycles.